The van der Waals surface area contributed by atoms with Crippen LogP contribution in [-0.2, 0) is 42.9 Å². The molecule has 0 aliphatic heterocycles. The Balaban J connectivity index is 2.07. The standard InChI is InChI=1S/C41H50N2O12/c1-10-29(45)52-31-24(5)19-41(50)30(31)32(51-26(7)44)25(6)33(53-37(47)22(2)3)34(54-38(48)27-13-11-17-42-20-27)36(40(8,9)16-15-23(4)35(41)46)55-39(49)28-14-12-18-43-21-28/h11-18,20-24,30-34,36,50H,6,10,19H2,1-5,7-9H3/t23-,24+,30-,31+,32+,33+,34-,36-,41-/m1/s1. The summed E-state index contributed by atoms with van der Waals surface area (Å²) >= 11 is 0. The van der Waals surface area contributed by atoms with E-state index in [1.807, 2.05) is 0 Å². The smallest absolute Gasteiger partial charge is 0.340 e. The first-order valence-corrected chi connectivity index (χ1v) is 18.3. The second-order valence-corrected chi connectivity index (χ2v) is 15.1. The van der Waals surface area contributed by atoms with E-state index in [4.69, 9.17) is 23.7 Å². The molecular formula is C41H50N2O12. The number of nitrogens with zero attached hydrogens (tertiary/aromatic N) is 2. The second-order valence-electron chi connectivity index (χ2n) is 15.1. The summed E-state index contributed by atoms with van der Waals surface area (Å²) in [6.45, 7) is 16.6. The third-order valence-electron chi connectivity index (χ3n) is 9.98. The number of hydrogen-bond acceptors (Lipinski definition) is 14. The zero-order chi connectivity index (χ0) is 40.8. The fourth-order valence-electron chi connectivity index (χ4n) is 7.05. The molecule has 9 atom stereocenters. The largest absolute Gasteiger partial charge is 0.461 e. The zero-order valence-electron chi connectivity index (χ0n) is 32.4. The lowest BCUT2D eigenvalue weighted by atomic mass is 9.72. The van der Waals surface area contributed by atoms with Crippen LogP contribution >= 0.6 is 0 Å². The minimum Gasteiger partial charge on any atom is -0.461 e. The number of carbonyl (C=O) groups is 6. The number of esters is 5. The quantitative estimate of drug-likeness (QED) is 0.208. The first-order chi connectivity index (χ1) is 25.8. The van der Waals surface area contributed by atoms with Crippen LogP contribution in [0.4, 0.5) is 0 Å². The Bertz CT molecular complexity index is 1790. The predicted octanol–water partition coefficient (Wildman–Crippen LogP) is 4.79. The highest BCUT2D eigenvalue weighted by atomic mass is 16.6. The summed E-state index contributed by atoms with van der Waals surface area (Å²) in [6.07, 6.45) is 0.435. The summed E-state index contributed by atoms with van der Waals surface area (Å²) in [4.78, 5) is 89.7. The Morgan fingerprint density at radius 1 is 0.891 bits per heavy atom. The number of aliphatic hydroxyl groups is 1. The molecule has 0 radical (unpaired) electrons. The Labute approximate surface area is 320 Å². The van der Waals surface area contributed by atoms with Gasteiger partial charge in [-0.3, -0.25) is 29.1 Å². The van der Waals surface area contributed by atoms with Crippen molar-refractivity contribution < 1.29 is 57.6 Å². The highest BCUT2D eigenvalue weighted by Crippen LogP contribution is 2.49. The second kappa shape index (κ2) is 17.5. The van der Waals surface area contributed by atoms with E-state index in [-0.39, 0.29) is 29.5 Å². The lowest BCUT2D eigenvalue weighted by molar-refractivity contribution is -0.177. The summed E-state index contributed by atoms with van der Waals surface area (Å²) in [5.41, 5.74) is -3.79. The van der Waals surface area contributed by atoms with Crippen molar-refractivity contribution in [1.29, 1.82) is 0 Å². The van der Waals surface area contributed by atoms with Crippen molar-refractivity contribution in [3.8, 4) is 0 Å². The number of rotatable bonds is 9. The average Bonchev–Trinajstić information content (AvgIpc) is 3.40. The van der Waals surface area contributed by atoms with Crippen LogP contribution in [0.2, 0.25) is 0 Å². The molecular weight excluding hydrogens is 712 g/mol. The molecule has 2 aliphatic rings. The van der Waals surface area contributed by atoms with Gasteiger partial charge in [-0.25, -0.2) is 9.59 Å². The van der Waals surface area contributed by atoms with E-state index in [1.54, 1.807) is 54.5 Å². The average molecular weight is 763 g/mol. The molecule has 0 unspecified atom stereocenters. The lowest BCUT2D eigenvalue weighted by Crippen LogP contribution is -2.58. The topological polar surface area (TPSA) is 195 Å². The van der Waals surface area contributed by atoms with Crippen LogP contribution in [0.5, 0.6) is 0 Å². The molecule has 1 N–H and O–H groups in total. The summed E-state index contributed by atoms with van der Waals surface area (Å²) < 4.78 is 30.3. The molecule has 55 heavy (non-hydrogen) atoms. The summed E-state index contributed by atoms with van der Waals surface area (Å²) in [5, 5.41) is 12.5. The van der Waals surface area contributed by atoms with Gasteiger partial charge in [-0.05, 0) is 36.6 Å². The molecule has 0 spiro atoms. The number of aromatic nitrogens is 2. The van der Waals surface area contributed by atoms with E-state index in [2.05, 4.69) is 16.5 Å². The predicted molar refractivity (Wildman–Crippen MR) is 196 cm³/mol. The summed E-state index contributed by atoms with van der Waals surface area (Å²) in [7, 11) is 0. The molecule has 1 saturated carbocycles. The number of hydrogen-bond donors (Lipinski definition) is 1. The minimum atomic E-state index is -2.27. The van der Waals surface area contributed by atoms with E-state index >= 15 is 0 Å². The molecule has 296 valence electrons. The van der Waals surface area contributed by atoms with Gasteiger partial charge in [-0.1, -0.05) is 67.2 Å². The van der Waals surface area contributed by atoms with Crippen molar-refractivity contribution in [1.82, 2.24) is 9.97 Å². The molecule has 4 rings (SSSR count). The van der Waals surface area contributed by atoms with Gasteiger partial charge in [0.05, 0.1) is 23.0 Å². The molecule has 0 amide bonds. The van der Waals surface area contributed by atoms with Crippen molar-refractivity contribution in [3.63, 3.8) is 0 Å². The van der Waals surface area contributed by atoms with Gasteiger partial charge in [0.1, 0.15) is 17.8 Å². The fourth-order valence-corrected chi connectivity index (χ4v) is 7.05. The van der Waals surface area contributed by atoms with Crippen molar-refractivity contribution in [3.05, 3.63) is 84.5 Å². The van der Waals surface area contributed by atoms with Gasteiger partial charge in [0, 0.05) is 55.0 Å². The van der Waals surface area contributed by atoms with E-state index < -0.39 is 101 Å². The van der Waals surface area contributed by atoms with E-state index in [0.29, 0.717) is 0 Å². The van der Waals surface area contributed by atoms with Crippen LogP contribution in [-0.4, -0.2) is 86.8 Å². The summed E-state index contributed by atoms with van der Waals surface area (Å²) in [6, 6.07) is 5.95. The Hall–Kier alpha value is -5.24. The minimum absolute atomic E-state index is 0.000128. The first-order valence-electron chi connectivity index (χ1n) is 18.3. The number of fused-ring (bicyclic) bond motifs is 1. The van der Waals surface area contributed by atoms with Gasteiger partial charge in [0.25, 0.3) is 0 Å². The van der Waals surface area contributed by atoms with Crippen LogP contribution in [0.15, 0.2) is 73.4 Å². The molecule has 2 aromatic rings. The first kappa shape index (κ1) is 42.5. The van der Waals surface area contributed by atoms with Crippen LogP contribution in [0.25, 0.3) is 0 Å². The monoisotopic (exact) mass is 762 g/mol. The van der Waals surface area contributed by atoms with Crippen molar-refractivity contribution in [2.24, 2.45) is 29.1 Å². The summed E-state index contributed by atoms with van der Waals surface area (Å²) in [5.74, 6) is -8.68. The highest BCUT2D eigenvalue weighted by molar-refractivity contribution is 5.92. The maximum Gasteiger partial charge on any atom is 0.340 e. The van der Waals surface area contributed by atoms with Gasteiger partial charge in [-0.2, -0.15) is 0 Å². The Kier molecular flexibility index (Phi) is 13.5. The number of ether oxygens (including phenoxy) is 5. The number of allylic oxidation sites excluding steroid dienone is 1. The normalized spacial score (nSPS) is 29.2. The van der Waals surface area contributed by atoms with Crippen LogP contribution in [0.1, 0.15) is 88.9 Å². The maximum absolute atomic E-state index is 14.5. The molecule has 1 fully saturated rings. The molecule has 14 nitrogen and oxygen atoms in total. The highest BCUT2D eigenvalue weighted by Gasteiger charge is 2.63. The van der Waals surface area contributed by atoms with Crippen LogP contribution in [0, 0.1) is 29.1 Å². The Morgan fingerprint density at radius 3 is 1.98 bits per heavy atom. The van der Waals surface area contributed by atoms with Crippen molar-refractivity contribution in [2.75, 3.05) is 0 Å². The van der Waals surface area contributed by atoms with Gasteiger partial charge in [0.2, 0.25) is 0 Å². The van der Waals surface area contributed by atoms with Gasteiger partial charge >= 0.3 is 29.8 Å². The SMILES string of the molecule is C=C1[C@H](OC(=O)C(C)C)[C@@H](OC(=O)c2cccnc2)[C@@H](OC(=O)c2cccnc2)C(C)(C)C=C[C@@H](C)C(=O)[C@@]2(O)C[C@H](C)[C@H](OC(=O)CC)[C@@H]2[C@H]1OC(C)=O. The number of Topliss-reactive ketones (excluding diaryl/α,β-unsaturated/α-hetero) is 1. The molecule has 0 bridgehead atoms. The number of ketones is 1. The molecule has 0 aromatic carbocycles. The lowest BCUT2D eigenvalue weighted by Gasteiger charge is -2.44. The zero-order valence-corrected chi connectivity index (χ0v) is 32.4. The van der Waals surface area contributed by atoms with E-state index in [0.717, 1.165) is 6.92 Å². The Morgan fingerprint density at radius 2 is 1.47 bits per heavy atom. The van der Waals surface area contributed by atoms with Crippen molar-refractivity contribution in [2.45, 2.75) is 104 Å². The van der Waals surface area contributed by atoms with Gasteiger partial charge < -0.3 is 28.8 Å². The third-order valence-corrected chi connectivity index (χ3v) is 9.98. The van der Waals surface area contributed by atoms with Crippen LogP contribution < -0.4 is 0 Å². The van der Waals surface area contributed by atoms with E-state index in [1.165, 1.54) is 55.1 Å². The van der Waals surface area contributed by atoms with Gasteiger partial charge in [0.15, 0.2) is 24.1 Å². The van der Waals surface area contributed by atoms with E-state index in [9.17, 15) is 33.9 Å². The number of pyridine rings is 2. The maximum atomic E-state index is 14.5. The van der Waals surface area contributed by atoms with Crippen LogP contribution in [0.3, 0.4) is 0 Å². The molecule has 14 heteroatoms. The van der Waals surface area contributed by atoms with Gasteiger partial charge in [-0.15, -0.1) is 0 Å². The molecule has 2 heterocycles. The molecule has 2 aromatic heterocycles. The molecule has 0 saturated heterocycles. The third kappa shape index (κ3) is 9.53. The number of carbonyl (C=O) groups excluding carboxylic acids is 6. The fraction of sp³-hybridized carbons (Fsp3) is 0.512. The van der Waals surface area contributed by atoms with Crippen molar-refractivity contribution >= 4 is 35.6 Å². The molecule has 2 aliphatic carbocycles.